The van der Waals surface area contributed by atoms with Crippen molar-refractivity contribution in [2.45, 2.75) is 44.8 Å². The van der Waals surface area contributed by atoms with E-state index in [0.717, 1.165) is 19.2 Å². The highest BCUT2D eigenvalue weighted by molar-refractivity contribution is 7.98. The van der Waals surface area contributed by atoms with Crippen molar-refractivity contribution in [3.63, 3.8) is 0 Å². The molecule has 0 atom stereocenters. The van der Waals surface area contributed by atoms with Crippen LogP contribution in [0.3, 0.4) is 0 Å². The van der Waals surface area contributed by atoms with Gasteiger partial charge in [0, 0.05) is 12.6 Å². The molecule has 0 unspecified atom stereocenters. The first-order valence-corrected chi connectivity index (χ1v) is 7.10. The summed E-state index contributed by atoms with van der Waals surface area (Å²) < 4.78 is 5.74. The number of hydrogen-bond donors (Lipinski definition) is 1. The lowest BCUT2D eigenvalue weighted by atomic mass is 9.89. The highest BCUT2D eigenvalue weighted by Gasteiger charge is 2.28. The van der Waals surface area contributed by atoms with E-state index in [1.165, 1.54) is 31.4 Å². The molecule has 1 fully saturated rings. The number of nitrogens with one attached hydrogen (secondary N) is 1. The van der Waals surface area contributed by atoms with E-state index in [4.69, 9.17) is 4.74 Å². The molecule has 2 nitrogen and oxygen atoms in total. The van der Waals surface area contributed by atoms with Crippen LogP contribution in [-0.2, 0) is 4.74 Å². The predicted octanol–water partition coefficient (Wildman–Crippen LogP) is 2.29. The van der Waals surface area contributed by atoms with Gasteiger partial charge in [0.15, 0.2) is 0 Å². The van der Waals surface area contributed by atoms with Crippen molar-refractivity contribution in [2.24, 2.45) is 0 Å². The molecule has 0 radical (unpaired) electrons. The summed E-state index contributed by atoms with van der Waals surface area (Å²) in [5.74, 6) is 1.23. The minimum atomic E-state index is 0.547. The van der Waals surface area contributed by atoms with E-state index in [9.17, 15) is 0 Å². The van der Waals surface area contributed by atoms with Gasteiger partial charge in [0.2, 0.25) is 0 Å². The molecule has 3 heteroatoms. The maximum absolute atomic E-state index is 5.74. The second kappa shape index (κ2) is 7.55. The number of ether oxygens (including phenoxy) is 1. The van der Waals surface area contributed by atoms with Gasteiger partial charge in [-0.05, 0) is 44.2 Å². The fourth-order valence-electron chi connectivity index (χ4n) is 1.67. The third kappa shape index (κ3) is 4.67. The summed E-state index contributed by atoms with van der Waals surface area (Å²) >= 11 is 1.90. The van der Waals surface area contributed by atoms with Gasteiger partial charge in [-0.3, -0.25) is 0 Å². The SMILES string of the molecule is CCCNC1CC(OCCCSC)C1. The Morgan fingerprint density at radius 3 is 2.86 bits per heavy atom. The van der Waals surface area contributed by atoms with Crippen molar-refractivity contribution in [3.8, 4) is 0 Å². The van der Waals surface area contributed by atoms with E-state index in [0.29, 0.717) is 6.10 Å². The summed E-state index contributed by atoms with van der Waals surface area (Å²) in [4.78, 5) is 0. The van der Waals surface area contributed by atoms with E-state index >= 15 is 0 Å². The summed E-state index contributed by atoms with van der Waals surface area (Å²) in [6.45, 7) is 4.32. The Balaban J connectivity index is 1.84. The van der Waals surface area contributed by atoms with Crippen molar-refractivity contribution in [2.75, 3.05) is 25.2 Å². The molecule has 0 aromatic rings. The van der Waals surface area contributed by atoms with E-state index in [1.807, 2.05) is 11.8 Å². The lowest BCUT2D eigenvalue weighted by Gasteiger charge is -2.35. The van der Waals surface area contributed by atoms with Crippen LogP contribution in [-0.4, -0.2) is 37.3 Å². The minimum absolute atomic E-state index is 0.547. The van der Waals surface area contributed by atoms with Crippen LogP contribution < -0.4 is 5.32 Å². The zero-order valence-corrected chi connectivity index (χ0v) is 10.2. The fraction of sp³-hybridized carbons (Fsp3) is 1.00. The predicted molar refractivity (Wildman–Crippen MR) is 64.1 cm³/mol. The van der Waals surface area contributed by atoms with Crippen LogP contribution in [0.15, 0.2) is 0 Å². The minimum Gasteiger partial charge on any atom is -0.378 e. The maximum Gasteiger partial charge on any atom is 0.0604 e. The van der Waals surface area contributed by atoms with Crippen LogP contribution in [0.2, 0.25) is 0 Å². The third-order valence-electron chi connectivity index (χ3n) is 2.62. The van der Waals surface area contributed by atoms with E-state index in [2.05, 4.69) is 18.5 Å². The van der Waals surface area contributed by atoms with Crippen LogP contribution in [0.5, 0.6) is 0 Å². The molecule has 0 aromatic carbocycles. The van der Waals surface area contributed by atoms with Gasteiger partial charge in [-0.25, -0.2) is 0 Å². The van der Waals surface area contributed by atoms with Crippen molar-refractivity contribution in [1.29, 1.82) is 0 Å². The molecule has 14 heavy (non-hydrogen) atoms. The number of thioether (sulfide) groups is 1. The highest BCUT2D eigenvalue weighted by Crippen LogP contribution is 2.23. The number of rotatable bonds is 8. The van der Waals surface area contributed by atoms with Crippen LogP contribution in [0.4, 0.5) is 0 Å². The molecule has 0 aromatic heterocycles. The Morgan fingerprint density at radius 1 is 1.43 bits per heavy atom. The maximum atomic E-state index is 5.74. The summed E-state index contributed by atoms with van der Waals surface area (Å²) in [6.07, 6.45) is 7.57. The molecule has 84 valence electrons. The van der Waals surface area contributed by atoms with Gasteiger partial charge in [-0.15, -0.1) is 0 Å². The Labute approximate surface area is 92.2 Å². The summed E-state index contributed by atoms with van der Waals surface area (Å²) in [5, 5.41) is 3.52. The molecular weight excluding hydrogens is 194 g/mol. The zero-order valence-electron chi connectivity index (χ0n) is 9.42. The molecule has 0 saturated heterocycles. The van der Waals surface area contributed by atoms with Crippen LogP contribution in [0.25, 0.3) is 0 Å². The Kier molecular flexibility index (Phi) is 6.65. The lowest BCUT2D eigenvalue weighted by molar-refractivity contribution is -0.0155. The quantitative estimate of drug-likeness (QED) is 0.630. The van der Waals surface area contributed by atoms with Crippen LogP contribution >= 0.6 is 11.8 Å². The summed E-state index contributed by atoms with van der Waals surface area (Å²) in [6, 6.07) is 0.737. The van der Waals surface area contributed by atoms with Gasteiger partial charge < -0.3 is 10.1 Å². The molecule has 1 aliphatic rings. The first-order chi connectivity index (χ1) is 6.86. The molecule has 1 saturated carbocycles. The van der Waals surface area contributed by atoms with Gasteiger partial charge in [-0.2, -0.15) is 11.8 Å². The van der Waals surface area contributed by atoms with Crippen molar-refractivity contribution < 1.29 is 4.74 Å². The van der Waals surface area contributed by atoms with Crippen molar-refractivity contribution in [3.05, 3.63) is 0 Å². The summed E-state index contributed by atoms with van der Waals surface area (Å²) in [7, 11) is 0. The van der Waals surface area contributed by atoms with Crippen LogP contribution in [0.1, 0.15) is 32.6 Å². The first kappa shape index (κ1) is 12.3. The standard InChI is InChI=1S/C11H23NOS/c1-3-5-12-10-8-11(9-10)13-6-4-7-14-2/h10-12H,3-9H2,1-2H3. The van der Waals surface area contributed by atoms with Gasteiger partial charge in [0.05, 0.1) is 6.10 Å². The Hall–Kier alpha value is 0.270. The largest absolute Gasteiger partial charge is 0.378 e. The second-order valence-electron chi connectivity index (χ2n) is 3.96. The molecule has 1 aliphatic carbocycles. The smallest absolute Gasteiger partial charge is 0.0604 e. The zero-order chi connectivity index (χ0) is 10.2. The van der Waals surface area contributed by atoms with Gasteiger partial charge in [-0.1, -0.05) is 6.92 Å². The van der Waals surface area contributed by atoms with Crippen molar-refractivity contribution in [1.82, 2.24) is 5.32 Å². The van der Waals surface area contributed by atoms with Crippen LogP contribution in [0, 0.1) is 0 Å². The molecular formula is C11H23NOS. The molecule has 1 N–H and O–H groups in total. The average Bonchev–Trinajstić information content (AvgIpc) is 2.14. The molecule has 0 amide bonds. The molecule has 1 rings (SSSR count). The monoisotopic (exact) mass is 217 g/mol. The molecule has 0 bridgehead atoms. The molecule has 0 spiro atoms. The first-order valence-electron chi connectivity index (χ1n) is 5.70. The normalized spacial score (nSPS) is 26.1. The lowest BCUT2D eigenvalue weighted by Crippen LogP contribution is -2.45. The van der Waals surface area contributed by atoms with E-state index < -0.39 is 0 Å². The topological polar surface area (TPSA) is 21.3 Å². The second-order valence-corrected chi connectivity index (χ2v) is 4.95. The Bertz CT molecular complexity index is 134. The summed E-state index contributed by atoms with van der Waals surface area (Å²) in [5.41, 5.74) is 0. The molecule has 0 heterocycles. The molecule has 0 aliphatic heterocycles. The average molecular weight is 217 g/mol. The fourth-order valence-corrected chi connectivity index (χ4v) is 2.08. The van der Waals surface area contributed by atoms with E-state index in [-0.39, 0.29) is 0 Å². The van der Waals surface area contributed by atoms with E-state index in [1.54, 1.807) is 0 Å². The van der Waals surface area contributed by atoms with Gasteiger partial charge >= 0.3 is 0 Å². The van der Waals surface area contributed by atoms with Gasteiger partial charge in [0.1, 0.15) is 0 Å². The van der Waals surface area contributed by atoms with Crippen molar-refractivity contribution >= 4 is 11.8 Å². The number of hydrogen-bond acceptors (Lipinski definition) is 3. The van der Waals surface area contributed by atoms with Gasteiger partial charge in [0.25, 0.3) is 0 Å². The third-order valence-corrected chi connectivity index (χ3v) is 3.32. The Morgan fingerprint density at radius 2 is 2.21 bits per heavy atom. The highest BCUT2D eigenvalue weighted by atomic mass is 32.2.